The Kier molecular flexibility index (Phi) is 6.32. The summed E-state index contributed by atoms with van der Waals surface area (Å²) in [4.78, 5) is 34.2. The van der Waals surface area contributed by atoms with Crippen LogP contribution in [0.2, 0.25) is 0 Å². The van der Waals surface area contributed by atoms with Gasteiger partial charge >= 0.3 is 5.97 Å². The van der Waals surface area contributed by atoms with Gasteiger partial charge in [-0.05, 0) is 50.9 Å². The van der Waals surface area contributed by atoms with Crippen LogP contribution in [0.1, 0.15) is 15.9 Å². The summed E-state index contributed by atoms with van der Waals surface area (Å²) in [6, 6.07) is 6.90. The molecular weight excluding hydrogens is 476 g/mol. The van der Waals surface area contributed by atoms with E-state index < -0.39 is 23.4 Å². The smallest absolute Gasteiger partial charge is 0.342 e. The first-order chi connectivity index (χ1) is 12.2. The van der Waals surface area contributed by atoms with Gasteiger partial charge in [0.1, 0.15) is 11.3 Å². The number of esters is 1. The fourth-order valence-electron chi connectivity index (χ4n) is 1.98. The fourth-order valence-corrected chi connectivity index (χ4v) is 3.34. The molecule has 0 aliphatic carbocycles. The van der Waals surface area contributed by atoms with Gasteiger partial charge in [-0.25, -0.2) is 4.79 Å². The second kappa shape index (κ2) is 8.28. The van der Waals surface area contributed by atoms with Crippen molar-refractivity contribution in [1.29, 1.82) is 0 Å². The number of non-ortho nitro benzene ring substituents is 1. The van der Waals surface area contributed by atoms with Gasteiger partial charge in [-0.15, -0.1) is 0 Å². The van der Waals surface area contributed by atoms with Gasteiger partial charge in [0.2, 0.25) is 0 Å². The highest BCUT2D eigenvalue weighted by Gasteiger charge is 2.18. The van der Waals surface area contributed by atoms with Crippen molar-refractivity contribution in [3.63, 3.8) is 0 Å². The van der Waals surface area contributed by atoms with Crippen LogP contribution in [0, 0.1) is 17.0 Å². The molecular formula is C16H12Br2N2O6. The molecule has 0 aromatic heterocycles. The molecule has 2 aromatic carbocycles. The van der Waals surface area contributed by atoms with E-state index in [0.29, 0.717) is 0 Å². The second-order valence-electron chi connectivity index (χ2n) is 5.19. The summed E-state index contributed by atoms with van der Waals surface area (Å²) in [5.41, 5.74) is 0.798. The average Bonchev–Trinajstić information content (AvgIpc) is 2.57. The molecule has 0 radical (unpaired) electrons. The summed E-state index contributed by atoms with van der Waals surface area (Å²) in [7, 11) is 0. The van der Waals surface area contributed by atoms with E-state index in [4.69, 9.17) is 4.74 Å². The number of nitro benzene ring substituents is 1. The van der Waals surface area contributed by atoms with E-state index in [1.807, 2.05) is 0 Å². The van der Waals surface area contributed by atoms with Crippen LogP contribution < -0.4 is 5.32 Å². The zero-order valence-corrected chi connectivity index (χ0v) is 16.5. The number of hydrogen-bond acceptors (Lipinski definition) is 6. The van der Waals surface area contributed by atoms with Crippen LogP contribution in [0.15, 0.2) is 39.3 Å². The zero-order valence-electron chi connectivity index (χ0n) is 13.3. The molecule has 10 heteroatoms. The maximum absolute atomic E-state index is 12.0. The van der Waals surface area contributed by atoms with Gasteiger partial charge in [-0.1, -0.05) is 11.6 Å². The Bertz CT molecular complexity index is 877. The van der Waals surface area contributed by atoms with E-state index in [1.165, 1.54) is 24.3 Å². The Hall–Kier alpha value is -2.46. The number of ether oxygens (including phenoxy) is 1. The van der Waals surface area contributed by atoms with E-state index in [-0.39, 0.29) is 31.6 Å². The summed E-state index contributed by atoms with van der Waals surface area (Å²) in [5, 5.41) is 23.0. The maximum Gasteiger partial charge on any atom is 0.342 e. The summed E-state index contributed by atoms with van der Waals surface area (Å²) in [6.07, 6.45) is 0. The van der Waals surface area contributed by atoms with Crippen LogP contribution in [-0.4, -0.2) is 28.5 Å². The van der Waals surface area contributed by atoms with Crippen LogP contribution >= 0.6 is 31.9 Å². The Balaban J connectivity index is 2.04. The topological polar surface area (TPSA) is 119 Å². The lowest BCUT2D eigenvalue weighted by atomic mass is 10.1. The van der Waals surface area contributed by atoms with Crippen molar-refractivity contribution in [3.05, 3.63) is 60.5 Å². The van der Waals surface area contributed by atoms with Crippen molar-refractivity contribution in [2.75, 3.05) is 11.9 Å². The molecule has 8 nitrogen and oxygen atoms in total. The Morgan fingerprint density at radius 2 is 1.85 bits per heavy atom. The quantitative estimate of drug-likeness (QED) is 0.374. The summed E-state index contributed by atoms with van der Waals surface area (Å²) >= 11 is 6.28. The van der Waals surface area contributed by atoms with E-state index in [1.54, 1.807) is 13.0 Å². The molecule has 0 heterocycles. The van der Waals surface area contributed by atoms with Crippen LogP contribution in [-0.2, 0) is 9.53 Å². The van der Waals surface area contributed by atoms with Gasteiger partial charge in [0.05, 0.1) is 10.6 Å². The van der Waals surface area contributed by atoms with Gasteiger partial charge in [0.15, 0.2) is 6.61 Å². The van der Waals surface area contributed by atoms with Crippen molar-refractivity contribution in [1.82, 2.24) is 0 Å². The molecule has 0 saturated carbocycles. The minimum atomic E-state index is -0.844. The van der Waals surface area contributed by atoms with E-state index in [2.05, 4.69) is 37.2 Å². The van der Waals surface area contributed by atoms with Crippen molar-refractivity contribution in [2.45, 2.75) is 6.92 Å². The third kappa shape index (κ3) is 4.79. The number of nitrogens with zero attached hydrogens (tertiary/aromatic N) is 1. The predicted octanol–water partition coefficient (Wildman–Crippen LogP) is 3.93. The highest BCUT2D eigenvalue weighted by molar-refractivity contribution is 9.11. The number of nitrogens with one attached hydrogen (secondary N) is 1. The SMILES string of the molecule is Cc1ccc(O)c(C(=O)OCC(=O)Nc2c(Br)cc([N+](=O)[O-])cc2Br)c1. The fraction of sp³-hybridized carbons (Fsp3) is 0.125. The van der Waals surface area contributed by atoms with Crippen LogP contribution in [0.4, 0.5) is 11.4 Å². The summed E-state index contributed by atoms with van der Waals surface area (Å²) in [5.74, 6) is -1.74. The highest BCUT2D eigenvalue weighted by atomic mass is 79.9. The number of aromatic hydroxyl groups is 1. The van der Waals surface area contributed by atoms with Gasteiger partial charge in [-0.2, -0.15) is 0 Å². The number of halogens is 2. The number of carbonyl (C=O) groups excluding carboxylic acids is 2. The van der Waals surface area contributed by atoms with E-state index in [9.17, 15) is 24.8 Å². The highest BCUT2D eigenvalue weighted by Crippen LogP contribution is 2.35. The maximum atomic E-state index is 12.0. The first kappa shape index (κ1) is 19.9. The Morgan fingerprint density at radius 1 is 1.23 bits per heavy atom. The lowest BCUT2D eigenvalue weighted by Gasteiger charge is -2.11. The number of rotatable bonds is 5. The number of aryl methyl sites for hydroxylation is 1. The number of benzene rings is 2. The van der Waals surface area contributed by atoms with Crippen LogP contribution in [0.3, 0.4) is 0 Å². The predicted molar refractivity (Wildman–Crippen MR) is 100 cm³/mol. The summed E-state index contributed by atoms with van der Waals surface area (Å²) < 4.78 is 5.46. The second-order valence-corrected chi connectivity index (χ2v) is 6.90. The average molecular weight is 488 g/mol. The lowest BCUT2D eigenvalue weighted by molar-refractivity contribution is -0.385. The molecule has 1 amide bonds. The van der Waals surface area contributed by atoms with Crippen molar-refractivity contribution in [3.8, 4) is 5.75 Å². The number of nitro groups is 1. The number of phenols is 1. The molecule has 2 aromatic rings. The van der Waals surface area contributed by atoms with Crippen LogP contribution in [0.5, 0.6) is 5.75 Å². The molecule has 2 N–H and O–H groups in total. The van der Waals surface area contributed by atoms with E-state index in [0.717, 1.165) is 5.56 Å². The molecule has 0 spiro atoms. The van der Waals surface area contributed by atoms with Gasteiger partial charge in [0, 0.05) is 21.1 Å². The molecule has 0 saturated heterocycles. The monoisotopic (exact) mass is 486 g/mol. The minimum Gasteiger partial charge on any atom is -0.507 e. The Morgan fingerprint density at radius 3 is 2.42 bits per heavy atom. The molecule has 0 unspecified atom stereocenters. The minimum absolute atomic E-state index is 0.0458. The molecule has 2 rings (SSSR count). The largest absolute Gasteiger partial charge is 0.507 e. The van der Waals surface area contributed by atoms with Crippen molar-refractivity contribution < 1.29 is 24.4 Å². The lowest BCUT2D eigenvalue weighted by Crippen LogP contribution is -2.21. The third-order valence-corrected chi connectivity index (χ3v) is 4.46. The molecule has 0 atom stereocenters. The molecule has 0 aliphatic heterocycles. The standard InChI is InChI=1S/C16H12Br2N2O6/c1-8-2-3-13(21)10(4-8)16(23)26-7-14(22)19-15-11(17)5-9(20(24)25)6-12(15)18/h2-6,21H,7H2,1H3,(H,19,22). The van der Waals surface area contributed by atoms with Gasteiger partial charge in [-0.3, -0.25) is 14.9 Å². The molecule has 0 bridgehead atoms. The normalized spacial score (nSPS) is 10.3. The van der Waals surface area contributed by atoms with Crippen LogP contribution in [0.25, 0.3) is 0 Å². The first-order valence-electron chi connectivity index (χ1n) is 7.09. The van der Waals surface area contributed by atoms with Gasteiger partial charge in [0.25, 0.3) is 11.6 Å². The van der Waals surface area contributed by atoms with Crippen molar-refractivity contribution in [2.24, 2.45) is 0 Å². The van der Waals surface area contributed by atoms with E-state index >= 15 is 0 Å². The number of phenolic OH excluding ortho intramolecular Hbond substituents is 1. The van der Waals surface area contributed by atoms with Crippen molar-refractivity contribution >= 4 is 55.1 Å². The summed E-state index contributed by atoms with van der Waals surface area (Å²) in [6.45, 7) is 1.15. The van der Waals surface area contributed by atoms with Gasteiger partial charge < -0.3 is 15.2 Å². The third-order valence-electron chi connectivity index (χ3n) is 3.21. The Labute approximate surface area is 164 Å². The number of hydrogen-bond donors (Lipinski definition) is 2. The molecule has 136 valence electrons. The molecule has 0 aliphatic rings. The molecule has 0 fully saturated rings. The number of carbonyl (C=O) groups is 2. The number of amides is 1. The molecule has 26 heavy (non-hydrogen) atoms. The zero-order chi connectivity index (χ0) is 19.4. The first-order valence-corrected chi connectivity index (χ1v) is 8.67. The number of anilines is 1.